The molecule has 3 amide bonds. The van der Waals surface area contributed by atoms with E-state index in [1.807, 2.05) is 18.7 Å². The first-order valence-corrected chi connectivity index (χ1v) is 9.94. The number of piperidine rings is 1. The highest BCUT2D eigenvalue weighted by atomic mass is 16.6. The lowest BCUT2D eigenvalue weighted by Crippen LogP contribution is -2.63. The number of urea groups is 1. The van der Waals surface area contributed by atoms with Crippen molar-refractivity contribution in [2.45, 2.75) is 51.3 Å². The van der Waals surface area contributed by atoms with E-state index in [4.69, 9.17) is 9.47 Å². The number of nitrogens with one attached hydrogen (secondary N) is 2. The molecule has 2 N–H and O–H groups in total. The zero-order chi connectivity index (χ0) is 18.5. The van der Waals surface area contributed by atoms with Crippen molar-refractivity contribution in [1.82, 2.24) is 20.4 Å². The van der Waals surface area contributed by atoms with Crippen LogP contribution in [0.1, 0.15) is 33.1 Å². The molecule has 0 aromatic heterocycles. The molecule has 3 fully saturated rings. The quantitative estimate of drug-likeness (QED) is 0.774. The van der Waals surface area contributed by atoms with Gasteiger partial charge in [-0.25, -0.2) is 9.59 Å². The number of rotatable bonds is 4. The lowest BCUT2D eigenvalue weighted by Gasteiger charge is -2.52. The van der Waals surface area contributed by atoms with Crippen LogP contribution in [0.15, 0.2) is 0 Å². The lowest BCUT2D eigenvalue weighted by molar-refractivity contribution is -0.0818. The summed E-state index contributed by atoms with van der Waals surface area (Å²) >= 11 is 0. The Labute approximate surface area is 155 Å². The van der Waals surface area contributed by atoms with Crippen molar-refractivity contribution in [1.29, 1.82) is 0 Å². The van der Waals surface area contributed by atoms with Crippen LogP contribution in [0.4, 0.5) is 9.59 Å². The minimum Gasteiger partial charge on any atom is -0.444 e. The van der Waals surface area contributed by atoms with Gasteiger partial charge in [0.1, 0.15) is 6.10 Å². The molecule has 3 aliphatic rings. The third-order valence-electron chi connectivity index (χ3n) is 5.81. The van der Waals surface area contributed by atoms with Crippen molar-refractivity contribution in [3.8, 4) is 0 Å². The molecule has 2 heterocycles. The van der Waals surface area contributed by atoms with Gasteiger partial charge in [0, 0.05) is 44.2 Å². The predicted octanol–water partition coefficient (Wildman–Crippen LogP) is 1.02. The summed E-state index contributed by atoms with van der Waals surface area (Å²) in [5, 5.41) is 5.61. The van der Waals surface area contributed by atoms with Gasteiger partial charge in [-0.05, 0) is 33.1 Å². The Balaban J connectivity index is 1.74. The third kappa shape index (κ3) is 4.23. The normalized spacial score (nSPS) is 32.0. The molecule has 3 rings (SSSR count). The van der Waals surface area contributed by atoms with E-state index in [1.54, 1.807) is 0 Å². The van der Waals surface area contributed by atoms with E-state index >= 15 is 0 Å². The van der Waals surface area contributed by atoms with E-state index in [0.717, 1.165) is 45.6 Å². The molecule has 0 radical (unpaired) electrons. The fourth-order valence-corrected chi connectivity index (χ4v) is 4.64. The summed E-state index contributed by atoms with van der Waals surface area (Å²) in [7, 11) is 0. The van der Waals surface area contributed by atoms with Crippen LogP contribution in [0.2, 0.25) is 0 Å². The molecule has 8 nitrogen and oxygen atoms in total. The molecule has 26 heavy (non-hydrogen) atoms. The molecule has 148 valence electrons. The van der Waals surface area contributed by atoms with Crippen LogP contribution >= 0.6 is 0 Å². The summed E-state index contributed by atoms with van der Waals surface area (Å²) in [5.74, 6) is 0.264. The molecular weight excluding hydrogens is 336 g/mol. The average molecular weight is 368 g/mol. The zero-order valence-electron chi connectivity index (χ0n) is 15.9. The molecule has 0 unspecified atom stereocenters. The van der Waals surface area contributed by atoms with Crippen LogP contribution in [-0.4, -0.2) is 86.0 Å². The van der Waals surface area contributed by atoms with Gasteiger partial charge < -0.3 is 25.0 Å². The first kappa shape index (κ1) is 19.2. The molecule has 1 saturated carbocycles. The van der Waals surface area contributed by atoms with Crippen LogP contribution in [-0.2, 0) is 9.47 Å². The SMILES string of the molecule is CCNC(=O)O[C@H]1CN(C(=O)NCC)[C@H]2CC[C@@H](N3CCOCC3)[C@@H]1C2. The van der Waals surface area contributed by atoms with Crippen molar-refractivity contribution < 1.29 is 19.1 Å². The van der Waals surface area contributed by atoms with Crippen LogP contribution in [0.5, 0.6) is 0 Å². The van der Waals surface area contributed by atoms with E-state index in [9.17, 15) is 9.59 Å². The molecule has 0 aromatic carbocycles. The smallest absolute Gasteiger partial charge is 0.407 e. The van der Waals surface area contributed by atoms with Gasteiger partial charge in [-0.1, -0.05) is 0 Å². The Kier molecular flexibility index (Phi) is 6.58. The van der Waals surface area contributed by atoms with E-state index in [-0.39, 0.29) is 24.1 Å². The van der Waals surface area contributed by atoms with Gasteiger partial charge in [-0.3, -0.25) is 4.90 Å². The highest BCUT2D eigenvalue weighted by Gasteiger charge is 2.47. The van der Waals surface area contributed by atoms with Gasteiger partial charge in [-0.2, -0.15) is 0 Å². The van der Waals surface area contributed by atoms with Gasteiger partial charge in [0.2, 0.25) is 0 Å². The molecule has 2 bridgehead atoms. The predicted molar refractivity (Wildman–Crippen MR) is 97.0 cm³/mol. The van der Waals surface area contributed by atoms with Gasteiger partial charge >= 0.3 is 12.1 Å². The number of likely N-dealkylation sites (tertiary alicyclic amines) is 1. The molecule has 2 aliphatic heterocycles. The van der Waals surface area contributed by atoms with Crippen LogP contribution < -0.4 is 10.6 Å². The lowest BCUT2D eigenvalue weighted by atomic mass is 9.74. The van der Waals surface area contributed by atoms with Crippen LogP contribution in [0.3, 0.4) is 0 Å². The second-order valence-electron chi connectivity index (χ2n) is 7.31. The second-order valence-corrected chi connectivity index (χ2v) is 7.31. The Morgan fingerprint density at radius 2 is 1.85 bits per heavy atom. The van der Waals surface area contributed by atoms with Gasteiger partial charge in [0.25, 0.3) is 0 Å². The summed E-state index contributed by atoms with van der Waals surface area (Å²) in [6.07, 6.45) is 2.26. The second kappa shape index (κ2) is 8.90. The first-order chi connectivity index (χ1) is 12.6. The Morgan fingerprint density at radius 3 is 2.54 bits per heavy atom. The summed E-state index contributed by atoms with van der Waals surface area (Å²) in [6.45, 7) is 8.78. The number of amides is 3. The molecular formula is C18H32N4O4. The fourth-order valence-electron chi connectivity index (χ4n) is 4.64. The maximum atomic E-state index is 12.5. The molecule has 0 aromatic rings. The van der Waals surface area contributed by atoms with Crippen molar-refractivity contribution in [2.75, 3.05) is 45.9 Å². The number of nitrogens with zero attached hydrogens (tertiary/aromatic N) is 2. The van der Waals surface area contributed by atoms with Gasteiger partial charge in [0.05, 0.1) is 19.8 Å². The fraction of sp³-hybridized carbons (Fsp3) is 0.889. The number of hydrogen-bond donors (Lipinski definition) is 2. The van der Waals surface area contributed by atoms with E-state index in [1.165, 1.54) is 0 Å². The standard InChI is InChI=1S/C18H32N4O4/c1-3-19-17(23)22-12-16(26-18(24)20-4-2)14-11-13(22)5-6-15(14)21-7-9-25-10-8-21/h13-16H,3-12H2,1-2H3,(H,19,23)(H,20,24)/t13-,14-,15+,16-/m0/s1. The van der Waals surface area contributed by atoms with Crippen molar-refractivity contribution in [3.05, 3.63) is 0 Å². The van der Waals surface area contributed by atoms with E-state index in [0.29, 0.717) is 25.7 Å². The maximum absolute atomic E-state index is 12.5. The number of morpholine rings is 1. The Bertz CT molecular complexity index is 498. The summed E-state index contributed by atoms with van der Waals surface area (Å²) in [5.41, 5.74) is 0. The minimum atomic E-state index is -0.391. The van der Waals surface area contributed by atoms with Crippen LogP contribution in [0, 0.1) is 5.92 Å². The van der Waals surface area contributed by atoms with Gasteiger partial charge in [-0.15, -0.1) is 0 Å². The molecule has 8 heteroatoms. The van der Waals surface area contributed by atoms with Gasteiger partial charge in [0.15, 0.2) is 0 Å². The molecule has 1 aliphatic carbocycles. The third-order valence-corrected chi connectivity index (χ3v) is 5.81. The summed E-state index contributed by atoms with van der Waals surface area (Å²) in [6, 6.07) is 0.578. The molecule has 0 spiro atoms. The first-order valence-electron chi connectivity index (χ1n) is 9.94. The highest BCUT2D eigenvalue weighted by molar-refractivity contribution is 5.75. The van der Waals surface area contributed by atoms with Crippen molar-refractivity contribution in [2.24, 2.45) is 5.92 Å². The summed E-state index contributed by atoms with van der Waals surface area (Å²) in [4.78, 5) is 28.9. The Morgan fingerprint density at radius 1 is 1.12 bits per heavy atom. The topological polar surface area (TPSA) is 83.1 Å². The summed E-state index contributed by atoms with van der Waals surface area (Å²) < 4.78 is 11.3. The highest BCUT2D eigenvalue weighted by Crippen LogP contribution is 2.39. The number of hydrogen-bond acceptors (Lipinski definition) is 5. The van der Waals surface area contributed by atoms with E-state index < -0.39 is 6.09 Å². The number of ether oxygens (including phenoxy) is 2. The number of carbonyl (C=O) groups excluding carboxylic acids is 2. The largest absolute Gasteiger partial charge is 0.444 e. The zero-order valence-corrected chi connectivity index (χ0v) is 15.9. The van der Waals surface area contributed by atoms with Crippen molar-refractivity contribution in [3.63, 3.8) is 0 Å². The monoisotopic (exact) mass is 368 g/mol. The molecule has 2 saturated heterocycles. The number of fused-ring (bicyclic) bond motifs is 2. The van der Waals surface area contributed by atoms with Crippen LogP contribution in [0.25, 0.3) is 0 Å². The number of carbonyl (C=O) groups is 2. The number of alkyl carbamates (subject to hydrolysis) is 1. The molecule has 4 atom stereocenters. The minimum absolute atomic E-state index is 0.0507. The average Bonchev–Trinajstić information content (AvgIpc) is 2.65. The maximum Gasteiger partial charge on any atom is 0.407 e. The van der Waals surface area contributed by atoms with Crippen molar-refractivity contribution >= 4 is 12.1 Å². The Hall–Kier alpha value is -1.54. The van der Waals surface area contributed by atoms with E-state index in [2.05, 4.69) is 15.5 Å².